The molecule has 0 aliphatic carbocycles. The van der Waals surface area contributed by atoms with Gasteiger partial charge >= 0.3 is 0 Å². The molecule has 0 aliphatic heterocycles. The molecule has 0 aromatic heterocycles. The summed E-state index contributed by atoms with van der Waals surface area (Å²) in [6.45, 7) is 3.86. The van der Waals surface area contributed by atoms with Gasteiger partial charge in [0.1, 0.15) is 24.2 Å². The monoisotopic (exact) mass is 713 g/mol. The first-order valence-corrected chi connectivity index (χ1v) is 17.8. The normalized spacial score (nSPS) is 11.9. The molecule has 0 heterocycles. The molecule has 1 N–H and O–H groups in total. The van der Waals surface area contributed by atoms with Crippen molar-refractivity contribution in [2.24, 2.45) is 0 Å². The minimum Gasteiger partial charge on any atom is -0.494 e. The SMILES string of the molecule is CCCCNC(=O)C(Cc1ccccc1)N(Cc1ccc(Cl)c(Cl)c1)C(=O)CN(c1ccc(F)cc1)S(=O)(=O)c1ccc(OCC)cc1. The molecule has 254 valence electrons. The minimum atomic E-state index is -4.37. The third-order valence-corrected chi connectivity index (χ3v) is 10.1. The summed E-state index contributed by atoms with van der Waals surface area (Å²) in [5.74, 6) is -1.14. The third-order valence-electron chi connectivity index (χ3n) is 7.55. The smallest absolute Gasteiger partial charge is 0.264 e. The maximum Gasteiger partial charge on any atom is 0.264 e. The van der Waals surface area contributed by atoms with Gasteiger partial charge in [-0.05, 0) is 85.1 Å². The lowest BCUT2D eigenvalue weighted by Crippen LogP contribution is -2.53. The summed E-state index contributed by atoms with van der Waals surface area (Å²) in [4.78, 5) is 29.6. The Balaban J connectivity index is 1.79. The Hall–Kier alpha value is -4.12. The molecular weight excluding hydrogens is 676 g/mol. The summed E-state index contributed by atoms with van der Waals surface area (Å²) in [7, 11) is -4.37. The van der Waals surface area contributed by atoms with E-state index in [4.69, 9.17) is 27.9 Å². The van der Waals surface area contributed by atoms with Crippen LogP contribution in [0.15, 0.2) is 102 Å². The number of halogens is 3. The highest BCUT2D eigenvalue weighted by atomic mass is 35.5. The zero-order chi connectivity index (χ0) is 34.7. The van der Waals surface area contributed by atoms with Crippen molar-refractivity contribution in [3.63, 3.8) is 0 Å². The number of rotatable bonds is 16. The van der Waals surface area contributed by atoms with Crippen LogP contribution < -0.4 is 14.4 Å². The van der Waals surface area contributed by atoms with Crippen LogP contribution in [0.5, 0.6) is 5.75 Å². The highest BCUT2D eigenvalue weighted by molar-refractivity contribution is 7.92. The van der Waals surface area contributed by atoms with Gasteiger partial charge in [0.25, 0.3) is 10.0 Å². The maximum absolute atomic E-state index is 14.5. The Kier molecular flexibility index (Phi) is 13.3. The first-order chi connectivity index (χ1) is 23.0. The standard InChI is InChI=1S/C36H38Cl2FN3O5S/c1-3-5-21-40-36(44)34(23-26-9-7-6-8-10-26)41(24-27-11-20-32(37)33(38)22-27)35(43)25-42(29-14-12-28(39)13-15-29)48(45,46)31-18-16-30(17-19-31)47-4-2/h6-20,22,34H,3-5,21,23-25H2,1-2H3,(H,40,44). The van der Waals surface area contributed by atoms with E-state index in [0.717, 1.165) is 34.8 Å². The number of nitrogens with zero attached hydrogens (tertiary/aromatic N) is 2. The summed E-state index contributed by atoms with van der Waals surface area (Å²) in [6, 6.07) is 23.7. The predicted octanol–water partition coefficient (Wildman–Crippen LogP) is 7.28. The van der Waals surface area contributed by atoms with E-state index in [1.54, 1.807) is 18.2 Å². The lowest BCUT2D eigenvalue weighted by molar-refractivity contribution is -0.140. The first-order valence-electron chi connectivity index (χ1n) is 15.6. The van der Waals surface area contributed by atoms with Crippen LogP contribution >= 0.6 is 23.2 Å². The molecule has 8 nitrogen and oxygen atoms in total. The number of hydrogen-bond donors (Lipinski definition) is 1. The zero-order valence-corrected chi connectivity index (χ0v) is 29.1. The molecule has 4 aromatic carbocycles. The highest BCUT2D eigenvalue weighted by Crippen LogP contribution is 2.28. The molecule has 0 radical (unpaired) electrons. The average molecular weight is 715 g/mol. The number of hydrogen-bond acceptors (Lipinski definition) is 5. The first kappa shape index (κ1) is 36.7. The Bertz CT molecular complexity index is 1780. The van der Waals surface area contributed by atoms with Crippen molar-refractivity contribution in [1.82, 2.24) is 10.2 Å². The van der Waals surface area contributed by atoms with E-state index in [0.29, 0.717) is 29.5 Å². The molecule has 0 spiro atoms. The molecule has 1 unspecified atom stereocenters. The fourth-order valence-electron chi connectivity index (χ4n) is 5.03. The number of ether oxygens (including phenoxy) is 1. The lowest BCUT2D eigenvalue weighted by Gasteiger charge is -2.34. The van der Waals surface area contributed by atoms with Crippen LogP contribution in [0, 0.1) is 5.82 Å². The Labute approximate surface area is 291 Å². The number of benzene rings is 4. The number of amides is 2. The molecule has 0 saturated carbocycles. The summed E-state index contributed by atoms with van der Waals surface area (Å²) >= 11 is 12.5. The number of sulfonamides is 1. The molecule has 1 atom stereocenters. The van der Waals surface area contributed by atoms with Crippen LogP contribution in [0.3, 0.4) is 0 Å². The molecular formula is C36H38Cl2FN3O5S. The quantitative estimate of drug-likeness (QED) is 0.123. The molecule has 2 amide bonds. The molecule has 4 aromatic rings. The van der Waals surface area contributed by atoms with Crippen LogP contribution in [-0.4, -0.2) is 50.9 Å². The zero-order valence-electron chi connectivity index (χ0n) is 26.7. The Morgan fingerprint density at radius 2 is 1.56 bits per heavy atom. The van der Waals surface area contributed by atoms with E-state index in [-0.39, 0.29) is 34.5 Å². The van der Waals surface area contributed by atoms with Crippen molar-refractivity contribution in [3.05, 3.63) is 124 Å². The summed E-state index contributed by atoms with van der Waals surface area (Å²) in [5.41, 5.74) is 1.46. The van der Waals surface area contributed by atoms with Crippen molar-refractivity contribution in [1.29, 1.82) is 0 Å². The van der Waals surface area contributed by atoms with Crippen molar-refractivity contribution in [2.75, 3.05) is 24.0 Å². The van der Waals surface area contributed by atoms with Gasteiger partial charge in [0.2, 0.25) is 11.8 Å². The van der Waals surface area contributed by atoms with Crippen molar-refractivity contribution in [2.45, 2.75) is 50.6 Å². The van der Waals surface area contributed by atoms with Crippen LogP contribution in [0.4, 0.5) is 10.1 Å². The second-order valence-corrected chi connectivity index (χ2v) is 13.7. The Morgan fingerprint density at radius 3 is 2.19 bits per heavy atom. The molecule has 0 bridgehead atoms. The number of anilines is 1. The van der Waals surface area contributed by atoms with Crippen LogP contribution in [0.25, 0.3) is 0 Å². The third kappa shape index (κ3) is 9.71. The van der Waals surface area contributed by atoms with Gasteiger partial charge in [0.15, 0.2) is 0 Å². The Morgan fingerprint density at radius 1 is 0.875 bits per heavy atom. The van der Waals surface area contributed by atoms with E-state index < -0.39 is 34.3 Å². The molecule has 4 rings (SSSR count). The van der Waals surface area contributed by atoms with E-state index >= 15 is 0 Å². The largest absolute Gasteiger partial charge is 0.494 e. The van der Waals surface area contributed by atoms with Gasteiger partial charge in [-0.3, -0.25) is 13.9 Å². The van der Waals surface area contributed by atoms with Crippen LogP contribution in [0.1, 0.15) is 37.8 Å². The van der Waals surface area contributed by atoms with Crippen LogP contribution in [0.2, 0.25) is 10.0 Å². The predicted molar refractivity (Wildman–Crippen MR) is 187 cm³/mol. The number of carbonyl (C=O) groups is 2. The van der Waals surface area contributed by atoms with E-state index in [1.165, 1.54) is 41.3 Å². The van der Waals surface area contributed by atoms with Gasteiger partial charge in [-0.15, -0.1) is 0 Å². The second kappa shape index (κ2) is 17.3. The van der Waals surface area contributed by atoms with Crippen molar-refractivity contribution >= 4 is 50.7 Å². The van der Waals surface area contributed by atoms with Gasteiger partial charge in [-0.1, -0.05) is 72.9 Å². The topological polar surface area (TPSA) is 96.0 Å². The van der Waals surface area contributed by atoms with Crippen molar-refractivity contribution < 1.29 is 27.1 Å². The minimum absolute atomic E-state index is 0.0696. The summed E-state index contributed by atoms with van der Waals surface area (Å²) in [6.07, 6.45) is 1.75. The lowest BCUT2D eigenvalue weighted by atomic mass is 10.0. The summed E-state index contributed by atoms with van der Waals surface area (Å²) < 4.78 is 48.7. The van der Waals surface area contributed by atoms with Crippen molar-refractivity contribution in [3.8, 4) is 5.75 Å². The maximum atomic E-state index is 14.5. The van der Waals surface area contributed by atoms with Crippen LogP contribution in [-0.2, 0) is 32.6 Å². The summed E-state index contributed by atoms with van der Waals surface area (Å²) in [5, 5.41) is 3.53. The van der Waals surface area contributed by atoms with E-state index in [9.17, 15) is 22.4 Å². The van der Waals surface area contributed by atoms with Gasteiger partial charge in [-0.25, -0.2) is 12.8 Å². The van der Waals surface area contributed by atoms with E-state index in [1.807, 2.05) is 44.2 Å². The van der Waals surface area contributed by atoms with Gasteiger partial charge in [0, 0.05) is 19.5 Å². The van der Waals surface area contributed by atoms with E-state index in [2.05, 4.69) is 5.32 Å². The van der Waals surface area contributed by atoms with Gasteiger partial charge in [0.05, 0.1) is 27.2 Å². The number of nitrogens with one attached hydrogen (secondary N) is 1. The molecule has 0 saturated heterocycles. The average Bonchev–Trinajstić information content (AvgIpc) is 3.08. The molecule has 12 heteroatoms. The van der Waals surface area contributed by atoms with Gasteiger partial charge in [-0.2, -0.15) is 0 Å². The molecule has 0 aliphatic rings. The highest BCUT2D eigenvalue weighted by Gasteiger charge is 2.34. The molecule has 48 heavy (non-hydrogen) atoms. The second-order valence-electron chi connectivity index (χ2n) is 11.0. The molecule has 0 fully saturated rings. The number of unbranched alkanes of at least 4 members (excludes halogenated alkanes) is 1. The fourth-order valence-corrected chi connectivity index (χ4v) is 6.77. The number of carbonyl (C=O) groups excluding carboxylic acids is 2. The van der Waals surface area contributed by atoms with Gasteiger partial charge < -0.3 is 15.0 Å². The fraction of sp³-hybridized carbons (Fsp3) is 0.278.